The zero-order valence-corrected chi connectivity index (χ0v) is 13.6. The molecular formula is C19H23N3O. The monoisotopic (exact) mass is 309 g/mol. The van der Waals surface area contributed by atoms with Crippen LogP contribution in [0.5, 0.6) is 0 Å². The third-order valence-electron chi connectivity index (χ3n) is 5.37. The van der Waals surface area contributed by atoms with Crippen molar-refractivity contribution in [2.75, 3.05) is 0 Å². The predicted octanol–water partition coefficient (Wildman–Crippen LogP) is 4.23. The van der Waals surface area contributed by atoms with Gasteiger partial charge in [0.05, 0.1) is 35.2 Å². The molecule has 1 unspecified atom stereocenters. The number of para-hydroxylation sites is 1. The number of rotatable bonds is 3. The molecule has 1 aromatic carbocycles. The highest BCUT2D eigenvalue weighted by Gasteiger charge is 2.38. The lowest BCUT2D eigenvalue weighted by Gasteiger charge is -2.39. The number of imidazole rings is 1. The third-order valence-corrected chi connectivity index (χ3v) is 5.37. The summed E-state index contributed by atoms with van der Waals surface area (Å²) in [5, 5.41) is 12.4. The average molecular weight is 309 g/mol. The zero-order valence-electron chi connectivity index (χ0n) is 13.6. The molecule has 1 N–H and O–H groups in total. The Kier molecular flexibility index (Phi) is 3.57. The molecule has 23 heavy (non-hydrogen) atoms. The fourth-order valence-electron chi connectivity index (χ4n) is 4.23. The number of hydrogen-bond donors (Lipinski definition) is 1. The standard InChI is InChI=1S/C19H23N3O/c1-2-17(19(23)10-6-3-7-11-19)22-13-21-16-12-20-15-9-5-4-8-14(15)18(16)22/h4-5,8-9,12-13,17,23H,2-3,6-7,10-11H2,1H3. The first kappa shape index (κ1) is 14.6. The minimum Gasteiger partial charge on any atom is -0.388 e. The van der Waals surface area contributed by atoms with Crippen molar-refractivity contribution in [1.29, 1.82) is 0 Å². The lowest BCUT2D eigenvalue weighted by Crippen LogP contribution is -2.40. The minimum atomic E-state index is -0.620. The molecule has 0 aliphatic heterocycles. The van der Waals surface area contributed by atoms with Crippen LogP contribution in [0.25, 0.3) is 21.9 Å². The van der Waals surface area contributed by atoms with Crippen molar-refractivity contribution in [2.24, 2.45) is 0 Å². The van der Waals surface area contributed by atoms with Crippen LogP contribution in [0.2, 0.25) is 0 Å². The van der Waals surface area contributed by atoms with E-state index >= 15 is 0 Å². The summed E-state index contributed by atoms with van der Waals surface area (Å²) >= 11 is 0. The highest BCUT2D eigenvalue weighted by atomic mass is 16.3. The van der Waals surface area contributed by atoms with E-state index < -0.39 is 5.60 Å². The fraction of sp³-hybridized carbons (Fsp3) is 0.474. The molecule has 120 valence electrons. The predicted molar refractivity (Wildman–Crippen MR) is 92.4 cm³/mol. The molecule has 3 aromatic rings. The second-order valence-corrected chi connectivity index (χ2v) is 6.75. The quantitative estimate of drug-likeness (QED) is 0.787. The van der Waals surface area contributed by atoms with Crippen molar-refractivity contribution in [3.8, 4) is 0 Å². The number of hydrogen-bond acceptors (Lipinski definition) is 3. The lowest BCUT2D eigenvalue weighted by atomic mass is 9.78. The van der Waals surface area contributed by atoms with Crippen molar-refractivity contribution < 1.29 is 5.11 Å². The van der Waals surface area contributed by atoms with E-state index in [1.54, 1.807) is 0 Å². The Balaban J connectivity index is 1.91. The molecule has 0 amide bonds. The van der Waals surface area contributed by atoms with Crippen molar-refractivity contribution >= 4 is 21.9 Å². The molecule has 1 aliphatic carbocycles. The number of nitrogens with zero attached hydrogens (tertiary/aromatic N) is 3. The first-order valence-corrected chi connectivity index (χ1v) is 8.65. The van der Waals surface area contributed by atoms with Crippen LogP contribution in [0.15, 0.2) is 36.8 Å². The molecule has 2 aromatic heterocycles. The van der Waals surface area contributed by atoms with Crippen LogP contribution in [-0.4, -0.2) is 25.2 Å². The van der Waals surface area contributed by atoms with Crippen molar-refractivity contribution in [2.45, 2.75) is 57.1 Å². The average Bonchev–Trinajstić information content (AvgIpc) is 3.00. The van der Waals surface area contributed by atoms with E-state index in [1.165, 1.54) is 6.42 Å². The largest absolute Gasteiger partial charge is 0.388 e. The Morgan fingerprint density at radius 3 is 2.70 bits per heavy atom. The summed E-state index contributed by atoms with van der Waals surface area (Å²) in [4.78, 5) is 9.05. The molecule has 1 aliphatic rings. The Morgan fingerprint density at radius 2 is 1.91 bits per heavy atom. The van der Waals surface area contributed by atoms with E-state index in [4.69, 9.17) is 0 Å². The van der Waals surface area contributed by atoms with Crippen molar-refractivity contribution in [3.05, 3.63) is 36.8 Å². The summed E-state index contributed by atoms with van der Waals surface area (Å²) in [6.45, 7) is 2.16. The van der Waals surface area contributed by atoms with E-state index in [0.717, 1.165) is 54.0 Å². The molecule has 0 bridgehead atoms. The molecule has 0 radical (unpaired) electrons. The maximum Gasteiger partial charge on any atom is 0.107 e. The van der Waals surface area contributed by atoms with Gasteiger partial charge in [0.1, 0.15) is 5.52 Å². The summed E-state index contributed by atoms with van der Waals surface area (Å²) in [5.74, 6) is 0. The van der Waals surface area contributed by atoms with Crippen molar-refractivity contribution in [3.63, 3.8) is 0 Å². The lowest BCUT2D eigenvalue weighted by molar-refractivity contribution is -0.0433. The Labute approximate surface area is 136 Å². The van der Waals surface area contributed by atoms with Crippen LogP contribution >= 0.6 is 0 Å². The van der Waals surface area contributed by atoms with E-state index in [-0.39, 0.29) is 6.04 Å². The zero-order chi connectivity index (χ0) is 15.9. The highest BCUT2D eigenvalue weighted by Crippen LogP contribution is 2.40. The smallest absolute Gasteiger partial charge is 0.107 e. The van der Waals surface area contributed by atoms with Gasteiger partial charge in [-0.05, 0) is 25.3 Å². The molecule has 4 nitrogen and oxygen atoms in total. The Hall–Kier alpha value is -1.94. The van der Waals surface area contributed by atoms with Gasteiger partial charge in [0.2, 0.25) is 0 Å². The molecule has 4 heteroatoms. The Morgan fingerprint density at radius 1 is 1.13 bits per heavy atom. The van der Waals surface area contributed by atoms with Gasteiger partial charge >= 0.3 is 0 Å². The molecule has 0 spiro atoms. The summed E-state index contributed by atoms with van der Waals surface area (Å²) in [7, 11) is 0. The minimum absolute atomic E-state index is 0.0682. The van der Waals surface area contributed by atoms with Crippen molar-refractivity contribution in [1.82, 2.24) is 14.5 Å². The molecule has 1 atom stereocenters. The van der Waals surface area contributed by atoms with Gasteiger partial charge in [-0.15, -0.1) is 0 Å². The number of pyridine rings is 1. The molecular weight excluding hydrogens is 286 g/mol. The third kappa shape index (κ3) is 2.32. The van der Waals surface area contributed by atoms with Gasteiger partial charge in [-0.1, -0.05) is 44.4 Å². The van der Waals surface area contributed by atoms with Crippen LogP contribution in [0.3, 0.4) is 0 Å². The van der Waals surface area contributed by atoms with Gasteiger partial charge in [0.15, 0.2) is 0 Å². The van der Waals surface area contributed by atoms with E-state index in [2.05, 4.69) is 27.5 Å². The second-order valence-electron chi connectivity index (χ2n) is 6.75. The van der Waals surface area contributed by atoms with Gasteiger partial charge in [-0.25, -0.2) is 4.98 Å². The van der Waals surface area contributed by atoms with Crippen LogP contribution in [0.4, 0.5) is 0 Å². The van der Waals surface area contributed by atoms with Crippen LogP contribution in [-0.2, 0) is 0 Å². The number of benzene rings is 1. The molecule has 2 heterocycles. The molecule has 4 rings (SSSR count). The maximum absolute atomic E-state index is 11.3. The van der Waals surface area contributed by atoms with E-state index in [9.17, 15) is 5.11 Å². The van der Waals surface area contributed by atoms with Crippen LogP contribution < -0.4 is 0 Å². The summed E-state index contributed by atoms with van der Waals surface area (Å²) in [6, 6.07) is 8.24. The number of aliphatic hydroxyl groups is 1. The molecule has 1 saturated carbocycles. The van der Waals surface area contributed by atoms with Crippen LogP contribution in [0.1, 0.15) is 51.5 Å². The topological polar surface area (TPSA) is 50.9 Å². The molecule has 1 fully saturated rings. The van der Waals surface area contributed by atoms with Gasteiger partial charge in [-0.3, -0.25) is 4.98 Å². The number of aromatic nitrogens is 3. The van der Waals surface area contributed by atoms with Gasteiger partial charge in [0.25, 0.3) is 0 Å². The SMILES string of the molecule is CCC(n1cnc2cnc3ccccc3c21)C1(O)CCCCC1. The van der Waals surface area contributed by atoms with Gasteiger partial charge in [-0.2, -0.15) is 0 Å². The first-order chi connectivity index (χ1) is 11.2. The summed E-state index contributed by atoms with van der Waals surface area (Å²) in [6.07, 6.45) is 9.85. The first-order valence-electron chi connectivity index (χ1n) is 8.65. The molecule has 0 saturated heterocycles. The Bertz CT molecular complexity index is 833. The summed E-state index contributed by atoms with van der Waals surface area (Å²) < 4.78 is 2.20. The number of fused-ring (bicyclic) bond motifs is 3. The summed E-state index contributed by atoms with van der Waals surface area (Å²) in [5.41, 5.74) is 2.36. The van der Waals surface area contributed by atoms with E-state index in [1.807, 2.05) is 30.7 Å². The van der Waals surface area contributed by atoms with Gasteiger partial charge in [0, 0.05) is 5.39 Å². The van der Waals surface area contributed by atoms with Gasteiger partial charge < -0.3 is 9.67 Å². The fourth-order valence-corrected chi connectivity index (χ4v) is 4.23. The normalized spacial score (nSPS) is 19.2. The second kappa shape index (κ2) is 5.60. The highest BCUT2D eigenvalue weighted by molar-refractivity contribution is 6.02. The maximum atomic E-state index is 11.3. The van der Waals surface area contributed by atoms with E-state index in [0.29, 0.717) is 0 Å². The van der Waals surface area contributed by atoms with Crippen LogP contribution in [0, 0.1) is 0 Å².